The third kappa shape index (κ3) is 5.43. The number of hydrogen-bond donors (Lipinski definition) is 1. The van der Waals surface area contributed by atoms with E-state index >= 15 is 0 Å². The Hall–Kier alpha value is -2.48. The Labute approximate surface area is 203 Å². The van der Waals surface area contributed by atoms with Crippen molar-refractivity contribution in [2.75, 3.05) is 19.8 Å². The fraction of sp³-hybridized carbons (Fsp3) is 0.357. The number of benzene rings is 3. The third-order valence-electron chi connectivity index (χ3n) is 6.22. The Bertz CT molecular complexity index is 968. The lowest BCUT2D eigenvalue weighted by Crippen LogP contribution is -2.67. The second-order valence-electron chi connectivity index (χ2n) is 9.60. The molecule has 1 aliphatic rings. The van der Waals surface area contributed by atoms with Crippen LogP contribution < -0.4 is 15.1 Å². The highest BCUT2D eigenvalue weighted by Crippen LogP contribution is 2.37. The van der Waals surface area contributed by atoms with Gasteiger partial charge in [0.15, 0.2) is 6.29 Å². The van der Waals surface area contributed by atoms with Crippen molar-refractivity contribution < 1.29 is 23.7 Å². The standard InChI is InChI=1S/C28H34O5Si/c1-28(2,3)34(23-15-9-5-10-16-23,24-17-11-6-12-18-24)32-21-27-31-20-26(33-27)25(29)19-30-22-13-7-4-8-14-22/h4-18,25-27,29H,19-21H2,1-3H3/t25?,26-,27-/m1/s1. The first-order valence-electron chi connectivity index (χ1n) is 11.8. The molecule has 1 N–H and O–H groups in total. The third-order valence-corrected chi connectivity index (χ3v) is 11.2. The lowest BCUT2D eigenvalue weighted by atomic mass is 10.2. The summed E-state index contributed by atoms with van der Waals surface area (Å²) in [6, 6.07) is 30.4. The maximum atomic E-state index is 10.6. The van der Waals surface area contributed by atoms with E-state index in [0.29, 0.717) is 12.4 Å². The van der Waals surface area contributed by atoms with Gasteiger partial charge in [0, 0.05) is 0 Å². The predicted octanol–water partition coefficient (Wildman–Crippen LogP) is 3.74. The Morgan fingerprint density at radius 3 is 1.94 bits per heavy atom. The minimum absolute atomic E-state index is 0.128. The topological polar surface area (TPSA) is 57.2 Å². The Balaban J connectivity index is 1.46. The number of aliphatic hydroxyl groups excluding tert-OH is 1. The maximum Gasteiger partial charge on any atom is 0.261 e. The SMILES string of the molecule is CC(C)(C)[Si](OC[C@@H]1OC[C@H](C(O)COc2ccccc2)O1)(c1ccccc1)c1ccccc1. The van der Waals surface area contributed by atoms with E-state index in [1.165, 1.54) is 10.4 Å². The van der Waals surface area contributed by atoms with Crippen molar-refractivity contribution >= 4 is 18.7 Å². The van der Waals surface area contributed by atoms with E-state index < -0.39 is 26.8 Å². The monoisotopic (exact) mass is 478 g/mol. The van der Waals surface area contributed by atoms with Gasteiger partial charge in [-0.2, -0.15) is 0 Å². The average Bonchev–Trinajstić information content (AvgIpc) is 3.33. The highest BCUT2D eigenvalue weighted by molar-refractivity contribution is 6.99. The highest BCUT2D eigenvalue weighted by Gasteiger charge is 2.50. The van der Waals surface area contributed by atoms with Crippen molar-refractivity contribution in [3.8, 4) is 5.75 Å². The van der Waals surface area contributed by atoms with Gasteiger partial charge in [0.2, 0.25) is 0 Å². The summed E-state index contributed by atoms with van der Waals surface area (Å²) in [5.41, 5.74) is 0. The molecule has 3 aromatic rings. The quantitative estimate of drug-likeness (QED) is 0.475. The molecule has 1 fully saturated rings. The van der Waals surface area contributed by atoms with E-state index in [9.17, 15) is 5.11 Å². The molecular formula is C28H34O5Si. The number of hydrogen-bond acceptors (Lipinski definition) is 5. The van der Waals surface area contributed by atoms with E-state index in [2.05, 4.69) is 69.3 Å². The van der Waals surface area contributed by atoms with Crippen LogP contribution in [0.4, 0.5) is 0 Å². The molecule has 6 heteroatoms. The lowest BCUT2D eigenvalue weighted by Gasteiger charge is -2.43. The van der Waals surface area contributed by atoms with Gasteiger partial charge in [-0.25, -0.2) is 0 Å². The van der Waals surface area contributed by atoms with Gasteiger partial charge in [0.05, 0.1) is 13.2 Å². The molecule has 1 heterocycles. The van der Waals surface area contributed by atoms with Crippen molar-refractivity contribution in [3.63, 3.8) is 0 Å². The van der Waals surface area contributed by atoms with E-state index in [1.54, 1.807) is 0 Å². The molecule has 3 aromatic carbocycles. The van der Waals surface area contributed by atoms with Crippen LogP contribution in [0.1, 0.15) is 20.8 Å². The van der Waals surface area contributed by atoms with Gasteiger partial charge in [-0.1, -0.05) is 99.6 Å². The normalized spacial score (nSPS) is 19.6. The zero-order chi connectivity index (χ0) is 24.0. The molecule has 0 bridgehead atoms. The Morgan fingerprint density at radius 1 is 0.882 bits per heavy atom. The summed E-state index contributed by atoms with van der Waals surface area (Å²) < 4.78 is 24.5. The van der Waals surface area contributed by atoms with Crippen LogP contribution in [0.3, 0.4) is 0 Å². The van der Waals surface area contributed by atoms with Crippen LogP contribution in [0.15, 0.2) is 91.0 Å². The van der Waals surface area contributed by atoms with Gasteiger partial charge < -0.3 is 23.7 Å². The van der Waals surface area contributed by atoms with Gasteiger partial charge in [-0.05, 0) is 27.5 Å². The van der Waals surface area contributed by atoms with E-state index in [0.717, 1.165) is 0 Å². The summed E-state index contributed by atoms with van der Waals surface area (Å²) in [4.78, 5) is 0. The molecule has 1 aliphatic heterocycles. The van der Waals surface area contributed by atoms with Gasteiger partial charge in [-0.15, -0.1) is 0 Å². The largest absolute Gasteiger partial charge is 0.491 e. The van der Waals surface area contributed by atoms with Crippen LogP contribution in [-0.4, -0.2) is 51.7 Å². The first-order valence-corrected chi connectivity index (χ1v) is 13.7. The fourth-order valence-corrected chi connectivity index (χ4v) is 9.07. The summed E-state index contributed by atoms with van der Waals surface area (Å²) in [7, 11) is -2.67. The van der Waals surface area contributed by atoms with Gasteiger partial charge in [0.25, 0.3) is 8.32 Å². The van der Waals surface area contributed by atoms with Crippen molar-refractivity contribution in [3.05, 3.63) is 91.0 Å². The first-order chi connectivity index (χ1) is 16.4. The first kappa shape index (κ1) is 24.6. The van der Waals surface area contributed by atoms with Crippen molar-refractivity contribution in [1.29, 1.82) is 0 Å². The van der Waals surface area contributed by atoms with Crippen LogP contribution in [0, 0.1) is 0 Å². The van der Waals surface area contributed by atoms with E-state index in [1.807, 2.05) is 42.5 Å². The van der Waals surface area contributed by atoms with Crippen LogP contribution in [0.5, 0.6) is 5.75 Å². The fourth-order valence-electron chi connectivity index (χ4n) is 4.53. The molecule has 1 unspecified atom stereocenters. The van der Waals surface area contributed by atoms with Gasteiger partial charge >= 0.3 is 0 Å². The lowest BCUT2D eigenvalue weighted by molar-refractivity contribution is -0.105. The molecule has 180 valence electrons. The molecule has 0 spiro atoms. The summed E-state index contributed by atoms with van der Waals surface area (Å²) in [6.45, 7) is 7.44. The van der Waals surface area contributed by atoms with Gasteiger partial charge in [-0.3, -0.25) is 0 Å². The Morgan fingerprint density at radius 2 is 1.41 bits per heavy atom. The smallest absolute Gasteiger partial charge is 0.261 e. The van der Waals surface area contributed by atoms with Crippen LogP contribution in [0.25, 0.3) is 0 Å². The molecule has 0 saturated carbocycles. The minimum atomic E-state index is -2.67. The molecule has 0 amide bonds. The zero-order valence-corrected chi connectivity index (χ0v) is 21.1. The summed E-state index contributed by atoms with van der Waals surface area (Å²) in [5.74, 6) is 0.715. The molecule has 34 heavy (non-hydrogen) atoms. The second-order valence-corrected chi connectivity index (χ2v) is 13.9. The summed E-state index contributed by atoms with van der Waals surface area (Å²) in [5, 5.41) is 12.9. The van der Waals surface area contributed by atoms with Gasteiger partial charge in [0.1, 0.15) is 24.6 Å². The molecule has 1 saturated heterocycles. The van der Waals surface area contributed by atoms with E-state index in [4.69, 9.17) is 18.6 Å². The summed E-state index contributed by atoms with van der Waals surface area (Å²) >= 11 is 0. The predicted molar refractivity (Wildman–Crippen MR) is 136 cm³/mol. The van der Waals surface area contributed by atoms with Crippen LogP contribution >= 0.6 is 0 Å². The Kier molecular flexibility index (Phi) is 7.86. The van der Waals surface area contributed by atoms with Crippen molar-refractivity contribution in [2.24, 2.45) is 0 Å². The second kappa shape index (κ2) is 10.8. The van der Waals surface area contributed by atoms with Crippen LogP contribution in [-0.2, 0) is 13.9 Å². The molecular weight excluding hydrogens is 444 g/mol. The number of rotatable bonds is 9. The average molecular weight is 479 g/mol. The zero-order valence-electron chi connectivity index (χ0n) is 20.1. The maximum absolute atomic E-state index is 10.6. The molecule has 0 aromatic heterocycles. The van der Waals surface area contributed by atoms with Crippen molar-refractivity contribution in [2.45, 2.75) is 44.3 Å². The molecule has 0 aliphatic carbocycles. The number of para-hydroxylation sites is 1. The number of ether oxygens (including phenoxy) is 3. The van der Waals surface area contributed by atoms with Crippen LogP contribution in [0.2, 0.25) is 5.04 Å². The molecule has 3 atom stereocenters. The molecule has 4 rings (SSSR count). The van der Waals surface area contributed by atoms with Crippen molar-refractivity contribution in [1.82, 2.24) is 0 Å². The minimum Gasteiger partial charge on any atom is -0.491 e. The molecule has 0 radical (unpaired) electrons. The van der Waals surface area contributed by atoms with E-state index in [-0.39, 0.29) is 18.3 Å². The number of aliphatic hydroxyl groups is 1. The molecule has 5 nitrogen and oxygen atoms in total. The highest BCUT2D eigenvalue weighted by atomic mass is 28.4. The summed E-state index contributed by atoms with van der Waals surface area (Å²) in [6.07, 6.45) is -1.80.